The highest BCUT2D eigenvalue weighted by molar-refractivity contribution is 7.88. The first kappa shape index (κ1) is 16.2. The lowest BCUT2D eigenvalue weighted by Crippen LogP contribution is -2.50. The van der Waals surface area contributed by atoms with Gasteiger partial charge in [-0.15, -0.1) is 0 Å². The van der Waals surface area contributed by atoms with Gasteiger partial charge in [0.2, 0.25) is 0 Å². The molecule has 7 nitrogen and oxygen atoms in total. The molecule has 112 valence electrons. The lowest BCUT2D eigenvalue weighted by atomic mass is 9.93. The summed E-state index contributed by atoms with van der Waals surface area (Å²) in [5.41, 5.74) is 0. The van der Waals surface area contributed by atoms with Crippen molar-refractivity contribution < 1.29 is 17.9 Å². The Bertz CT molecular complexity index is 397. The first-order chi connectivity index (χ1) is 8.80. The maximum Gasteiger partial charge on any atom is 0.422 e. The van der Waals surface area contributed by atoms with Gasteiger partial charge in [-0.3, -0.25) is 0 Å². The van der Waals surface area contributed by atoms with Crippen molar-refractivity contribution in [3.8, 4) is 0 Å². The second-order valence-corrected chi connectivity index (χ2v) is 6.59. The number of rotatable bonds is 5. The summed E-state index contributed by atoms with van der Waals surface area (Å²) in [5.74, 6) is 0.402. The van der Waals surface area contributed by atoms with E-state index >= 15 is 0 Å². The maximum atomic E-state index is 11.6. The van der Waals surface area contributed by atoms with Gasteiger partial charge in [-0.25, -0.2) is 9.52 Å². The minimum absolute atomic E-state index is 0.0893. The number of amides is 1. The SMILES string of the molecule is CC(C)OC(=O)NS(=O)(=O)NCC1NCCCC1C. The first-order valence-electron chi connectivity index (χ1n) is 6.51. The molecule has 2 atom stereocenters. The Morgan fingerprint density at radius 3 is 2.74 bits per heavy atom. The number of hydrogen-bond acceptors (Lipinski definition) is 5. The van der Waals surface area contributed by atoms with Crippen LogP contribution in [0.2, 0.25) is 0 Å². The fourth-order valence-electron chi connectivity index (χ4n) is 1.97. The lowest BCUT2D eigenvalue weighted by molar-refractivity contribution is 0.121. The van der Waals surface area contributed by atoms with Gasteiger partial charge >= 0.3 is 16.3 Å². The molecule has 19 heavy (non-hydrogen) atoms. The molecule has 0 aromatic rings. The molecule has 3 N–H and O–H groups in total. The van der Waals surface area contributed by atoms with Gasteiger partial charge in [-0.1, -0.05) is 6.92 Å². The largest absolute Gasteiger partial charge is 0.446 e. The Morgan fingerprint density at radius 1 is 1.47 bits per heavy atom. The van der Waals surface area contributed by atoms with Gasteiger partial charge in [-0.2, -0.15) is 13.1 Å². The van der Waals surface area contributed by atoms with E-state index in [1.54, 1.807) is 13.8 Å². The highest BCUT2D eigenvalue weighted by Crippen LogP contribution is 2.14. The number of hydrogen-bond donors (Lipinski definition) is 3. The topological polar surface area (TPSA) is 96.5 Å². The third-order valence-corrected chi connectivity index (χ3v) is 3.97. The van der Waals surface area contributed by atoms with Gasteiger partial charge < -0.3 is 10.1 Å². The van der Waals surface area contributed by atoms with Crippen molar-refractivity contribution >= 4 is 16.3 Å². The van der Waals surface area contributed by atoms with E-state index in [-0.39, 0.29) is 18.7 Å². The minimum atomic E-state index is -3.86. The van der Waals surface area contributed by atoms with Crippen molar-refractivity contribution in [3.63, 3.8) is 0 Å². The molecule has 0 aromatic carbocycles. The summed E-state index contributed by atoms with van der Waals surface area (Å²) in [6, 6.07) is 0.0893. The van der Waals surface area contributed by atoms with Crippen LogP contribution in [-0.4, -0.2) is 39.7 Å². The molecule has 0 aliphatic carbocycles. The van der Waals surface area contributed by atoms with E-state index in [4.69, 9.17) is 4.74 Å². The van der Waals surface area contributed by atoms with Crippen molar-refractivity contribution in [1.82, 2.24) is 14.8 Å². The zero-order chi connectivity index (χ0) is 14.5. The van der Waals surface area contributed by atoms with E-state index in [0.29, 0.717) is 5.92 Å². The maximum absolute atomic E-state index is 11.6. The third-order valence-electron chi connectivity index (χ3n) is 2.98. The average Bonchev–Trinajstić information content (AvgIpc) is 2.26. The molecule has 0 saturated carbocycles. The van der Waals surface area contributed by atoms with E-state index in [1.807, 2.05) is 4.72 Å². The average molecular weight is 293 g/mol. The van der Waals surface area contributed by atoms with Crippen LogP contribution >= 0.6 is 0 Å². The van der Waals surface area contributed by atoms with E-state index < -0.39 is 16.3 Å². The van der Waals surface area contributed by atoms with Crippen molar-refractivity contribution in [1.29, 1.82) is 0 Å². The van der Waals surface area contributed by atoms with Crippen LogP contribution in [0.25, 0.3) is 0 Å². The predicted molar refractivity (Wildman–Crippen MR) is 71.9 cm³/mol. The van der Waals surface area contributed by atoms with E-state index in [2.05, 4.69) is 17.0 Å². The highest BCUT2D eigenvalue weighted by Gasteiger charge is 2.23. The Labute approximate surface area is 114 Å². The number of piperidine rings is 1. The molecular weight excluding hydrogens is 270 g/mol. The van der Waals surface area contributed by atoms with Crippen LogP contribution in [0.1, 0.15) is 33.6 Å². The smallest absolute Gasteiger partial charge is 0.422 e. The van der Waals surface area contributed by atoms with Crippen molar-refractivity contribution in [3.05, 3.63) is 0 Å². The molecule has 1 rings (SSSR count). The highest BCUT2D eigenvalue weighted by atomic mass is 32.2. The second kappa shape index (κ2) is 7.06. The Kier molecular flexibility index (Phi) is 6.02. The van der Waals surface area contributed by atoms with Gasteiger partial charge in [0, 0.05) is 12.6 Å². The van der Waals surface area contributed by atoms with Gasteiger partial charge in [0.25, 0.3) is 0 Å². The van der Waals surface area contributed by atoms with Gasteiger partial charge in [-0.05, 0) is 39.2 Å². The molecule has 1 fully saturated rings. The molecule has 0 radical (unpaired) electrons. The molecule has 1 heterocycles. The molecule has 1 aliphatic rings. The molecule has 0 spiro atoms. The van der Waals surface area contributed by atoms with E-state index in [0.717, 1.165) is 19.4 Å². The lowest BCUT2D eigenvalue weighted by Gasteiger charge is -2.30. The molecule has 1 amide bonds. The normalized spacial score (nSPS) is 24.2. The third kappa shape index (κ3) is 6.22. The van der Waals surface area contributed by atoms with Crippen LogP contribution in [0, 0.1) is 5.92 Å². The van der Waals surface area contributed by atoms with E-state index in [9.17, 15) is 13.2 Å². The summed E-state index contributed by atoms with van der Waals surface area (Å²) >= 11 is 0. The van der Waals surface area contributed by atoms with Crippen LogP contribution in [0.3, 0.4) is 0 Å². The summed E-state index contributed by atoms with van der Waals surface area (Å²) < 4.78 is 32.1. The van der Waals surface area contributed by atoms with Gasteiger partial charge in [0.05, 0.1) is 6.10 Å². The zero-order valence-corrected chi connectivity index (χ0v) is 12.4. The number of ether oxygens (including phenoxy) is 1. The molecule has 1 saturated heterocycles. The summed E-state index contributed by atoms with van der Waals surface area (Å²) in [7, 11) is -3.86. The van der Waals surface area contributed by atoms with Gasteiger partial charge in [0.15, 0.2) is 0 Å². The van der Waals surface area contributed by atoms with Gasteiger partial charge in [0.1, 0.15) is 0 Å². The fourth-order valence-corrected chi connectivity index (χ4v) is 2.71. The van der Waals surface area contributed by atoms with E-state index in [1.165, 1.54) is 0 Å². The second-order valence-electron chi connectivity index (χ2n) is 5.09. The van der Waals surface area contributed by atoms with Crippen molar-refractivity contribution in [2.75, 3.05) is 13.1 Å². The molecular formula is C11H23N3O4S. The minimum Gasteiger partial charge on any atom is -0.446 e. The fraction of sp³-hybridized carbons (Fsp3) is 0.909. The number of carbonyl (C=O) groups is 1. The Balaban J connectivity index is 2.39. The monoisotopic (exact) mass is 293 g/mol. The molecule has 8 heteroatoms. The number of nitrogens with one attached hydrogen (secondary N) is 3. The van der Waals surface area contributed by atoms with Crippen LogP contribution in [0.15, 0.2) is 0 Å². The van der Waals surface area contributed by atoms with Crippen molar-refractivity contribution in [2.24, 2.45) is 5.92 Å². The first-order valence-corrected chi connectivity index (χ1v) is 8.00. The van der Waals surface area contributed by atoms with Crippen LogP contribution in [0.4, 0.5) is 4.79 Å². The number of carbonyl (C=O) groups excluding carboxylic acids is 1. The summed E-state index contributed by atoms with van der Waals surface area (Å²) in [6.45, 7) is 6.51. The Morgan fingerprint density at radius 2 is 2.16 bits per heavy atom. The summed E-state index contributed by atoms with van der Waals surface area (Å²) in [6.07, 6.45) is 0.841. The van der Waals surface area contributed by atoms with Crippen LogP contribution < -0.4 is 14.8 Å². The summed E-state index contributed by atoms with van der Waals surface area (Å²) in [4.78, 5) is 11.2. The standard InChI is InChI=1S/C11H23N3O4S/c1-8(2)18-11(15)14-19(16,17)13-7-10-9(3)5-4-6-12-10/h8-10,12-13H,4-7H2,1-3H3,(H,14,15). The predicted octanol–water partition coefficient (Wildman–Crippen LogP) is 0.344. The molecule has 1 aliphatic heterocycles. The van der Waals surface area contributed by atoms with Crippen LogP contribution in [-0.2, 0) is 14.9 Å². The quantitative estimate of drug-likeness (QED) is 0.679. The van der Waals surface area contributed by atoms with Crippen molar-refractivity contribution in [2.45, 2.75) is 45.8 Å². The molecule has 2 unspecified atom stereocenters. The molecule has 0 bridgehead atoms. The van der Waals surface area contributed by atoms with Crippen LogP contribution in [0.5, 0.6) is 0 Å². The summed E-state index contributed by atoms with van der Waals surface area (Å²) in [5, 5.41) is 3.26. The zero-order valence-electron chi connectivity index (χ0n) is 11.6. The molecule has 0 aromatic heterocycles. The Hall–Kier alpha value is -0.860.